The second-order valence-electron chi connectivity index (χ2n) is 7.63. The van der Waals surface area contributed by atoms with Gasteiger partial charge in [0.1, 0.15) is 12.4 Å². The highest BCUT2D eigenvalue weighted by Crippen LogP contribution is 2.42. The standard InChI is InChI=1S/C19H22F2N2O4/c20-17(21)27-15-3-1-12(2-4-15)13-5-7-23(8-6-13)16(24)14-9-19(10-14)11-26-18(25)22-19/h1-4,13-14,17H,5-11H2,(H,22,25)/t14-,19+. The van der Waals surface area contributed by atoms with E-state index in [2.05, 4.69) is 10.1 Å². The molecule has 1 aromatic carbocycles. The number of carbonyl (C=O) groups excluding carboxylic acids is 2. The van der Waals surface area contributed by atoms with Gasteiger partial charge in [-0.2, -0.15) is 8.78 Å². The second-order valence-corrected chi connectivity index (χ2v) is 7.63. The molecule has 3 aliphatic rings. The van der Waals surface area contributed by atoms with Crippen molar-refractivity contribution in [3.8, 4) is 5.75 Å². The minimum atomic E-state index is -2.82. The highest BCUT2D eigenvalue weighted by molar-refractivity contribution is 5.81. The van der Waals surface area contributed by atoms with E-state index in [1.165, 1.54) is 0 Å². The SMILES string of the molecule is O=C1N[C@]2(CO1)C[C@H](C(=O)N1CCC(c3ccc(OC(F)F)cc3)CC1)C2. The first-order valence-electron chi connectivity index (χ1n) is 9.23. The number of amides is 2. The summed E-state index contributed by atoms with van der Waals surface area (Å²) in [7, 11) is 0. The van der Waals surface area contributed by atoms with Gasteiger partial charge in [0.15, 0.2) is 0 Å². The first-order chi connectivity index (χ1) is 12.9. The van der Waals surface area contributed by atoms with Gasteiger partial charge < -0.3 is 19.7 Å². The molecule has 0 bridgehead atoms. The van der Waals surface area contributed by atoms with Crippen LogP contribution in [0.25, 0.3) is 0 Å². The molecule has 0 atom stereocenters. The summed E-state index contributed by atoms with van der Waals surface area (Å²) < 4.78 is 33.8. The van der Waals surface area contributed by atoms with Gasteiger partial charge in [-0.3, -0.25) is 4.79 Å². The van der Waals surface area contributed by atoms with Crippen LogP contribution in [-0.4, -0.2) is 48.7 Å². The number of carbonyl (C=O) groups is 2. The predicted molar refractivity (Wildman–Crippen MR) is 91.6 cm³/mol. The van der Waals surface area contributed by atoms with Gasteiger partial charge in [-0.05, 0) is 49.3 Å². The highest BCUT2D eigenvalue weighted by atomic mass is 19.3. The van der Waals surface area contributed by atoms with Crippen molar-refractivity contribution in [2.24, 2.45) is 5.92 Å². The van der Waals surface area contributed by atoms with E-state index in [9.17, 15) is 18.4 Å². The summed E-state index contributed by atoms with van der Waals surface area (Å²) in [5.41, 5.74) is 0.745. The Bertz CT molecular complexity index is 711. The normalized spacial score (nSPS) is 28.0. The maximum absolute atomic E-state index is 12.7. The lowest BCUT2D eigenvalue weighted by Gasteiger charge is -2.45. The Morgan fingerprint density at radius 2 is 1.89 bits per heavy atom. The zero-order valence-electron chi connectivity index (χ0n) is 14.8. The molecule has 1 N–H and O–H groups in total. The summed E-state index contributed by atoms with van der Waals surface area (Å²) in [6.07, 6.45) is 2.58. The lowest BCUT2D eigenvalue weighted by atomic mass is 9.68. The number of piperidine rings is 1. The monoisotopic (exact) mass is 380 g/mol. The average molecular weight is 380 g/mol. The van der Waals surface area contributed by atoms with Crippen molar-refractivity contribution in [3.05, 3.63) is 29.8 Å². The first-order valence-corrected chi connectivity index (χ1v) is 9.23. The van der Waals surface area contributed by atoms with E-state index in [1.807, 2.05) is 17.0 Å². The number of rotatable bonds is 4. The van der Waals surface area contributed by atoms with E-state index in [0.29, 0.717) is 38.5 Å². The molecule has 2 aliphatic heterocycles. The van der Waals surface area contributed by atoms with E-state index in [1.54, 1.807) is 12.1 Å². The van der Waals surface area contributed by atoms with E-state index < -0.39 is 12.7 Å². The van der Waals surface area contributed by atoms with E-state index in [0.717, 1.165) is 18.4 Å². The van der Waals surface area contributed by atoms with Crippen molar-refractivity contribution in [1.82, 2.24) is 10.2 Å². The lowest BCUT2D eigenvalue weighted by Crippen LogP contribution is -2.58. The molecule has 3 fully saturated rings. The number of alkyl carbamates (subject to hydrolysis) is 1. The van der Waals surface area contributed by atoms with Crippen LogP contribution >= 0.6 is 0 Å². The smallest absolute Gasteiger partial charge is 0.407 e. The zero-order valence-corrected chi connectivity index (χ0v) is 14.8. The second kappa shape index (κ2) is 6.98. The van der Waals surface area contributed by atoms with Crippen molar-refractivity contribution in [2.75, 3.05) is 19.7 Å². The van der Waals surface area contributed by atoms with Crippen LogP contribution in [0.1, 0.15) is 37.2 Å². The number of alkyl halides is 2. The van der Waals surface area contributed by atoms with Gasteiger partial charge in [0.2, 0.25) is 5.91 Å². The van der Waals surface area contributed by atoms with Crippen molar-refractivity contribution < 1.29 is 27.8 Å². The summed E-state index contributed by atoms with van der Waals surface area (Å²) in [6.45, 7) is -1.10. The summed E-state index contributed by atoms with van der Waals surface area (Å²) >= 11 is 0. The number of cyclic esters (lactones) is 1. The third-order valence-electron chi connectivity index (χ3n) is 5.85. The Labute approximate surface area is 155 Å². The van der Waals surface area contributed by atoms with Crippen molar-refractivity contribution in [3.63, 3.8) is 0 Å². The number of benzene rings is 1. The van der Waals surface area contributed by atoms with E-state index in [-0.39, 0.29) is 23.1 Å². The third-order valence-corrected chi connectivity index (χ3v) is 5.85. The molecular formula is C19H22F2N2O4. The molecule has 6 nitrogen and oxygen atoms in total. The molecule has 0 aromatic heterocycles. The lowest BCUT2D eigenvalue weighted by molar-refractivity contribution is -0.142. The van der Waals surface area contributed by atoms with Crippen LogP contribution in [0.5, 0.6) is 5.75 Å². The molecule has 0 unspecified atom stereocenters. The summed E-state index contributed by atoms with van der Waals surface area (Å²) in [5, 5.41) is 2.81. The first kappa shape index (κ1) is 18.0. The van der Waals surface area contributed by atoms with Crippen LogP contribution in [0, 0.1) is 5.92 Å². The Kier molecular flexibility index (Phi) is 4.65. The Morgan fingerprint density at radius 3 is 2.44 bits per heavy atom. The van der Waals surface area contributed by atoms with Gasteiger partial charge >= 0.3 is 12.7 Å². The van der Waals surface area contributed by atoms with Crippen LogP contribution in [0.15, 0.2) is 24.3 Å². The molecule has 1 saturated carbocycles. The highest BCUT2D eigenvalue weighted by Gasteiger charge is 2.53. The summed E-state index contributed by atoms with van der Waals surface area (Å²) in [4.78, 5) is 25.8. The molecule has 1 aromatic rings. The van der Waals surface area contributed by atoms with Crippen molar-refractivity contribution in [2.45, 2.75) is 43.8 Å². The van der Waals surface area contributed by atoms with E-state index in [4.69, 9.17) is 4.74 Å². The molecular weight excluding hydrogens is 358 g/mol. The van der Waals surface area contributed by atoms with Gasteiger partial charge in [-0.25, -0.2) is 4.79 Å². The molecule has 2 heterocycles. The fourth-order valence-corrected chi connectivity index (χ4v) is 4.38. The topological polar surface area (TPSA) is 67.9 Å². The molecule has 2 amide bonds. The fourth-order valence-electron chi connectivity index (χ4n) is 4.38. The number of nitrogens with one attached hydrogen (secondary N) is 1. The Balaban J connectivity index is 1.26. The van der Waals surface area contributed by atoms with Crippen molar-refractivity contribution >= 4 is 12.0 Å². The third kappa shape index (κ3) is 3.70. The van der Waals surface area contributed by atoms with Gasteiger partial charge in [-0.15, -0.1) is 0 Å². The molecule has 146 valence electrons. The number of hydrogen-bond donors (Lipinski definition) is 1. The molecule has 4 rings (SSSR count). The minimum absolute atomic E-state index is 0.0469. The van der Waals surface area contributed by atoms with Crippen LogP contribution < -0.4 is 10.1 Å². The molecule has 0 radical (unpaired) electrons. The molecule has 2 saturated heterocycles. The zero-order chi connectivity index (χ0) is 19.0. The van der Waals surface area contributed by atoms with Gasteiger partial charge in [-0.1, -0.05) is 12.1 Å². The largest absolute Gasteiger partial charge is 0.447 e. The minimum Gasteiger partial charge on any atom is -0.447 e. The average Bonchev–Trinajstić information content (AvgIpc) is 3.02. The predicted octanol–water partition coefficient (Wildman–Crippen LogP) is 2.88. The molecule has 1 spiro atoms. The summed E-state index contributed by atoms with van der Waals surface area (Å²) in [5.74, 6) is 0.573. The molecule has 27 heavy (non-hydrogen) atoms. The maximum atomic E-state index is 12.7. The van der Waals surface area contributed by atoms with Gasteiger partial charge in [0, 0.05) is 19.0 Å². The van der Waals surface area contributed by atoms with Crippen LogP contribution in [-0.2, 0) is 9.53 Å². The Hall–Kier alpha value is -2.38. The number of nitrogens with zero attached hydrogens (tertiary/aromatic N) is 1. The van der Waals surface area contributed by atoms with Crippen molar-refractivity contribution in [1.29, 1.82) is 0 Å². The number of halogens is 2. The van der Waals surface area contributed by atoms with E-state index >= 15 is 0 Å². The van der Waals surface area contributed by atoms with Crippen LogP contribution in [0.4, 0.5) is 13.6 Å². The fraction of sp³-hybridized carbons (Fsp3) is 0.579. The van der Waals surface area contributed by atoms with Crippen LogP contribution in [0.2, 0.25) is 0 Å². The number of ether oxygens (including phenoxy) is 2. The molecule has 1 aliphatic carbocycles. The van der Waals surface area contributed by atoms with Crippen LogP contribution in [0.3, 0.4) is 0 Å². The molecule has 8 heteroatoms. The maximum Gasteiger partial charge on any atom is 0.407 e. The van der Waals surface area contributed by atoms with Gasteiger partial charge in [0.25, 0.3) is 0 Å². The Morgan fingerprint density at radius 1 is 1.22 bits per heavy atom. The number of hydrogen-bond acceptors (Lipinski definition) is 4. The quantitative estimate of drug-likeness (QED) is 0.872. The summed E-state index contributed by atoms with van der Waals surface area (Å²) in [6, 6.07) is 6.76. The number of likely N-dealkylation sites (tertiary alicyclic amines) is 1. The van der Waals surface area contributed by atoms with Gasteiger partial charge in [0.05, 0.1) is 5.54 Å².